The normalized spacial score (nSPS) is 19.7. The van der Waals surface area contributed by atoms with Crippen molar-refractivity contribution < 1.29 is 0 Å². The Balaban J connectivity index is 2.38. The Morgan fingerprint density at radius 1 is 1.42 bits per heavy atom. The average molecular weight is 281 g/mol. The molecule has 2 N–H and O–H groups in total. The van der Waals surface area contributed by atoms with E-state index in [4.69, 9.17) is 17.3 Å². The fourth-order valence-electron chi connectivity index (χ4n) is 2.98. The molecule has 0 radical (unpaired) electrons. The van der Waals surface area contributed by atoms with Gasteiger partial charge in [0.2, 0.25) is 0 Å². The molecule has 0 spiro atoms. The largest absolute Gasteiger partial charge is 0.365 e. The monoisotopic (exact) mass is 280 g/mol. The van der Waals surface area contributed by atoms with Crippen LogP contribution in [-0.2, 0) is 6.42 Å². The third-order valence-electron chi connectivity index (χ3n) is 4.25. The SMILES string of the molecule is CCC(N)Cc1cccc(Cl)c1N1CCCC1(C)C. The van der Waals surface area contributed by atoms with Crippen LogP contribution in [0.3, 0.4) is 0 Å². The number of hydrogen-bond acceptors (Lipinski definition) is 2. The van der Waals surface area contributed by atoms with Gasteiger partial charge in [0.25, 0.3) is 0 Å². The van der Waals surface area contributed by atoms with E-state index in [0.29, 0.717) is 0 Å². The van der Waals surface area contributed by atoms with Crippen molar-refractivity contribution in [3.8, 4) is 0 Å². The van der Waals surface area contributed by atoms with Gasteiger partial charge in [-0.25, -0.2) is 0 Å². The maximum atomic E-state index is 6.48. The van der Waals surface area contributed by atoms with E-state index in [1.807, 2.05) is 12.1 Å². The molecule has 1 aliphatic rings. The lowest BCUT2D eigenvalue weighted by molar-refractivity contribution is 0.515. The standard InChI is InChI=1S/C16H25ClN2/c1-4-13(18)11-12-7-5-8-14(17)15(12)19-10-6-9-16(19,2)3/h5,7-8,13H,4,6,9-11,18H2,1-3H3. The van der Waals surface area contributed by atoms with Crippen molar-refractivity contribution in [2.24, 2.45) is 5.73 Å². The first-order valence-corrected chi connectivity index (χ1v) is 7.64. The van der Waals surface area contributed by atoms with Gasteiger partial charge in [0.15, 0.2) is 0 Å². The molecule has 1 aromatic carbocycles. The van der Waals surface area contributed by atoms with Gasteiger partial charge in [-0.1, -0.05) is 30.7 Å². The molecule has 2 rings (SSSR count). The summed E-state index contributed by atoms with van der Waals surface area (Å²) in [5.41, 5.74) is 8.81. The molecule has 0 amide bonds. The minimum absolute atomic E-state index is 0.191. The molecule has 1 atom stereocenters. The van der Waals surface area contributed by atoms with Gasteiger partial charge in [0, 0.05) is 18.1 Å². The van der Waals surface area contributed by atoms with Gasteiger partial charge >= 0.3 is 0 Å². The van der Waals surface area contributed by atoms with Gasteiger partial charge in [-0.2, -0.15) is 0 Å². The van der Waals surface area contributed by atoms with Crippen LogP contribution in [0.25, 0.3) is 0 Å². The number of nitrogens with two attached hydrogens (primary N) is 1. The molecule has 1 unspecified atom stereocenters. The topological polar surface area (TPSA) is 29.3 Å². The van der Waals surface area contributed by atoms with Gasteiger partial charge in [0.1, 0.15) is 0 Å². The van der Waals surface area contributed by atoms with Gasteiger partial charge in [0.05, 0.1) is 10.7 Å². The summed E-state index contributed by atoms with van der Waals surface area (Å²) >= 11 is 6.48. The highest BCUT2D eigenvalue weighted by Crippen LogP contribution is 2.40. The van der Waals surface area contributed by atoms with Crippen LogP contribution >= 0.6 is 11.6 Å². The number of para-hydroxylation sites is 1. The van der Waals surface area contributed by atoms with E-state index < -0.39 is 0 Å². The zero-order valence-electron chi connectivity index (χ0n) is 12.2. The van der Waals surface area contributed by atoms with E-state index in [0.717, 1.165) is 24.4 Å². The minimum Gasteiger partial charge on any atom is -0.365 e. The summed E-state index contributed by atoms with van der Waals surface area (Å²) in [6.45, 7) is 7.82. The quantitative estimate of drug-likeness (QED) is 0.903. The summed E-state index contributed by atoms with van der Waals surface area (Å²) in [4.78, 5) is 2.47. The van der Waals surface area contributed by atoms with E-state index in [1.54, 1.807) is 0 Å². The smallest absolute Gasteiger partial charge is 0.0642 e. The predicted molar refractivity (Wildman–Crippen MR) is 84.1 cm³/mol. The molecule has 1 fully saturated rings. The van der Waals surface area contributed by atoms with E-state index in [9.17, 15) is 0 Å². The van der Waals surface area contributed by atoms with Crippen LogP contribution in [0.1, 0.15) is 45.6 Å². The van der Waals surface area contributed by atoms with E-state index in [-0.39, 0.29) is 11.6 Å². The Bertz CT molecular complexity index is 442. The van der Waals surface area contributed by atoms with Crippen molar-refractivity contribution in [1.82, 2.24) is 0 Å². The molecule has 0 aromatic heterocycles. The summed E-state index contributed by atoms with van der Waals surface area (Å²) in [7, 11) is 0. The highest BCUT2D eigenvalue weighted by Gasteiger charge is 2.34. The molecular weight excluding hydrogens is 256 g/mol. The van der Waals surface area contributed by atoms with Crippen molar-refractivity contribution in [3.63, 3.8) is 0 Å². The van der Waals surface area contributed by atoms with Crippen LogP contribution in [0, 0.1) is 0 Å². The summed E-state index contributed by atoms with van der Waals surface area (Å²) < 4.78 is 0. The van der Waals surface area contributed by atoms with Gasteiger partial charge in [-0.15, -0.1) is 0 Å². The summed E-state index contributed by atoms with van der Waals surface area (Å²) in [5, 5.41) is 0.857. The Kier molecular flexibility index (Phi) is 4.42. The lowest BCUT2D eigenvalue weighted by Crippen LogP contribution is -2.39. The van der Waals surface area contributed by atoms with Crippen LogP contribution < -0.4 is 10.6 Å². The number of anilines is 1. The molecule has 2 nitrogen and oxygen atoms in total. The molecule has 0 bridgehead atoms. The third-order valence-corrected chi connectivity index (χ3v) is 4.55. The Hall–Kier alpha value is -0.730. The fourth-order valence-corrected chi connectivity index (χ4v) is 3.27. The Morgan fingerprint density at radius 3 is 2.74 bits per heavy atom. The zero-order valence-corrected chi connectivity index (χ0v) is 13.0. The lowest BCUT2D eigenvalue weighted by Gasteiger charge is -2.36. The van der Waals surface area contributed by atoms with Gasteiger partial charge in [-0.3, -0.25) is 0 Å². The van der Waals surface area contributed by atoms with Crippen molar-refractivity contribution in [2.45, 2.75) is 58.0 Å². The van der Waals surface area contributed by atoms with Crippen LogP contribution in [0.5, 0.6) is 0 Å². The van der Waals surface area contributed by atoms with Gasteiger partial charge in [-0.05, 0) is 51.2 Å². The Labute approximate surface area is 121 Å². The van der Waals surface area contributed by atoms with E-state index in [2.05, 4.69) is 31.7 Å². The molecule has 0 aliphatic carbocycles. The summed E-state index contributed by atoms with van der Waals surface area (Å²) in [5.74, 6) is 0. The van der Waals surface area contributed by atoms with Gasteiger partial charge < -0.3 is 10.6 Å². The number of rotatable bonds is 4. The molecule has 1 aromatic rings. The minimum atomic E-state index is 0.191. The van der Waals surface area contributed by atoms with Crippen molar-refractivity contribution in [2.75, 3.05) is 11.4 Å². The first-order chi connectivity index (χ1) is 8.95. The van der Waals surface area contributed by atoms with Crippen molar-refractivity contribution >= 4 is 17.3 Å². The molecule has 3 heteroatoms. The van der Waals surface area contributed by atoms with Crippen LogP contribution in [0.4, 0.5) is 5.69 Å². The van der Waals surface area contributed by atoms with Crippen LogP contribution in [0.15, 0.2) is 18.2 Å². The number of hydrogen-bond donors (Lipinski definition) is 1. The summed E-state index contributed by atoms with van der Waals surface area (Å²) in [6, 6.07) is 6.41. The first-order valence-electron chi connectivity index (χ1n) is 7.26. The molecule has 106 valence electrons. The third kappa shape index (κ3) is 3.06. The number of benzene rings is 1. The number of halogens is 1. The molecular formula is C16H25ClN2. The lowest BCUT2D eigenvalue weighted by atomic mass is 9.98. The molecule has 1 saturated heterocycles. The van der Waals surface area contributed by atoms with Crippen LogP contribution in [0.2, 0.25) is 5.02 Å². The first kappa shape index (κ1) is 14.7. The second kappa shape index (κ2) is 5.72. The maximum Gasteiger partial charge on any atom is 0.0642 e. The van der Waals surface area contributed by atoms with E-state index >= 15 is 0 Å². The molecule has 1 aliphatic heterocycles. The fraction of sp³-hybridized carbons (Fsp3) is 0.625. The predicted octanol–water partition coefficient (Wildman–Crippen LogP) is 4.00. The second-order valence-corrected chi connectivity index (χ2v) is 6.59. The molecule has 1 heterocycles. The Morgan fingerprint density at radius 2 is 2.16 bits per heavy atom. The number of nitrogens with zero attached hydrogens (tertiary/aromatic N) is 1. The van der Waals surface area contributed by atoms with E-state index in [1.165, 1.54) is 24.1 Å². The highest BCUT2D eigenvalue weighted by molar-refractivity contribution is 6.33. The van der Waals surface area contributed by atoms with Crippen molar-refractivity contribution in [1.29, 1.82) is 0 Å². The van der Waals surface area contributed by atoms with Crippen LogP contribution in [-0.4, -0.2) is 18.1 Å². The highest BCUT2D eigenvalue weighted by atomic mass is 35.5. The molecule has 19 heavy (non-hydrogen) atoms. The molecule has 0 saturated carbocycles. The summed E-state index contributed by atoms with van der Waals surface area (Å²) in [6.07, 6.45) is 4.35. The van der Waals surface area contributed by atoms with Crippen molar-refractivity contribution in [3.05, 3.63) is 28.8 Å². The second-order valence-electron chi connectivity index (χ2n) is 6.19. The zero-order chi connectivity index (χ0) is 14.0. The maximum absolute atomic E-state index is 6.48. The average Bonchev–Trinajstić information content (AvgIpc) is 2.69.